The van der Waals surface area contributed by atoms with Crippen molar-refractivity contribution in [2.24, 2.45) is 0 Å². The maximum Gasteiger partial charge on any atom is 0.302 e. The SMILES string of the molecule is CC(=O)O[C@H](CI)[C@H](C)N(Cc1ccccc1)Cc1ccccc1. The Kier molecular flexibility index (Phi) is 7.72. The molecule has 0 saturated heterocycles. The van der Waals surface area contributed by atoms with Gasteiger partial charge in [0.1, 0.15) is 6.10 Å². The molecule has 0 aliphatic rings. The first-order valence-electron chi connectivity index (χ1n) is 8.15. The van der Waals surface area contributed by atoms with Gasteiger partial charge in [0.2, 0.25) is 0 Å². The van der Waals surface area contributed by atoms with Gasteiger partial charge in [-0.25, -0.2) is 0 Å². The lowest BCUT2D eigenvalue weighted by molar-refractivity contribution is -0.148. The molecule has 2 atom stereocenters. The van der Waals surface area contributed by atoms with E-state index in [4.69, 9.17) is 4.74 Å². The zero-order chi connectivity index (χ0) is 17.4. The second-order valence-corrected chi connectivity index (χ2v) is 6.80. The molecule has 0 saturated carbocycles. The van der Waals surface area contributed by atoms with Crippen LogP contribution < -0.4 is 0 Å². The number of carbonyl (C=O) groups excluding carboxylic acids is 1. The lowest BCUT2D eigenvalue weighted by Gasteiger charge is -2.33. The molecule has 0 aliphatic heterocycles. The van der Waals surface area contributed by atoms with Crippen LogP contribution in [0.3, 0.4) is 0 Å². The fourth-order valence-corrected chi connectivity index (χ4v) is 3.60. The van der Waals surface area contributed by atoms with E-state index in [-0.39, 0.29) is 18.1 Å². The Balaban J connectivity index is 2.18. The van der Waals surface area contributed by atoms with Gasteiger partial charge in [-0.2, -0.15) is 0 Å². The normalized spacial score (nSPS) is 13.5. The molecule has 0 N–H and O–H groups in total. The molecule has 0 fully saturated rings. The summed E-state index contributed by atoms with van der Waals surface area (Å²) >= 11 is 2.29. The summed E-state index contributed by atoms with van der Waals surface area (Å²) in [7, 11) is 0. The Morgan fingerprint density at radius 2 is 1.46 bits per heavy atom. The smallest absolute Gasteiger partial charge is 0.302 e. The van der Waals surface area contributed by atoms with Gasteiger partial charge in [-0.05, 0) is 18.1 Å². The first kappa shape index (κ1) is 18.9. The van der Waals surface area contributed by atoms with Crippen LogP contribution in [0, 0.1) is 0 Å². The molecule has 2 rings (SSSR count). The molecular weight excluding hydrogens is 413 g/mol. The zero-order valence-electron chi connectivity index (χ0n) is 14.2. The van der Waals surface area contributed by atoms with E-state index in [1.807, 2.05) is 12.1 Å². The predicted octanol–water partition coefficient (Wildman–Crippen LogP) is 4.44. The third kappa shape index (κ3) is 5.91. The van der Waals surface area contributed by atoms with Gasteiger partial charge in [0.25, 0.3) is 0 Å². The number of nitrogens with zero attached hydrogens (tertiary/aromatic N) is 1. The van der Waals surface area contributed by atoms with Crippen LogP contribution in [0.2, 0.25) is 0 Å². The minimum Gasteiger partial charge on any atom is -0.460 e. The highest BCUT2D eigenvalue weighted by molar-refractivity contribution is 14.1. The zero-order valence-corrected chi connectivity index (χ0v) is 16.3. The number of ether oxygens (including phenoxy) is 1. The molecular formula is C20H24INO2. The molecule has 0 radical (unpaired) electrons. The van der Waals surface area contributed by atoms with E-state index in [0.29, 0.717) is 0 Å². The summed E-state index contributed by atoms with van der Waals surface area (Å²) in [6.45, 7) is 5.26. The van der Waals surface area contributed by atoms with E-state index in [9.17, 15) is 4.79 Å². The number of benzene rings is 2. The van der Waals surface area contributed by atoms with Crippen molar-refractivity contribution < 1.29 is 9.53 Å². The van der Waals surface area contributed by atoms with Crippen LogP contribution in [0.4, 0.5) is 0 Å². The molecule has 0 heterocycles. The molecule has 0 amide bonds. The van der Waals surface area contributed by atoms with Crippen molar-refractivity contribution in [2.45, 2.75) is 39.1 Å². The Labute approximate surface area is 158 Å². The Morgan fingerprint density at radius 3 is 1.83 bits per heavy atom. The van der Waals surface area contributed by atoms with Gasteiger partial charge in [-0.1, -0.05) is 83.3 Å². The van der Waals surface area contributed by atoms with E-state index in [1.54, 1.807) is 0 Å². The Bertz CT molecular complexity index is 577. The molecule has 128 valence electrons. The van der Waals surface area contributed by atoms with Crippen LogP contribution in [0.25, 0.3) is 0 Å². The summed E-state index contributed by atoms with van der Waals surface area (Å²) in [6.07, 6.45) is -0.115. The summed E-state index contributed by atoms with van der Waals surface area (Å²) in [4.78, 5) is 13.8. The molecule has 3 nitrogen and oxygen atoms in total. The maximum atomic E-state index is 11.4. The van der Waals surface area contributed by atoms with Gasteiger partial charge in [-0.3, -0.25) is 9.69 Å². The quantitative estimate of drug-likeness (QED) is 0.348. The number of hydrogen-bond donors (Lipinski definition) is 0. The van der Waals surface area contributed by atoms with Crippen LogP contribution in [-0.2, 0) is 22.6 Å². The highest BCUT2D eigenvalue weighted by atomic mass is 127. The monoisotopic (exact) mass is 437 g/mol. The summed E-state index contributed by atoms with van der Waals surface area (Å²) in [6, 6.07) is 21.0. The second kappa shape index (κ2) is 9.79. The van der Waals surface area contributed by atoms with E-state index in [1.165, 1.54) is 18.1 Å². The molecule has 0 unspecified atom stereocenters. The van der Waals surface area contributed by atoms with Crippen molar-refractivity contribution in [1.82, 2.24) is 4.90 Å². The van der Waals surface area contributed by atoms with Gasteiger partial charge in [-0.15, -0.1) is 0 Å². The number of esters is 1. The minimum absolute atomic E-state index is 0.115. The third-order valence-corrected chi connectivity index (χ3v) is 4.91. The Morgan fingerprint density at radius 1 is 1.00 bits per heavy atom. The maximum absolute atomic E-state index is 11.4. The second-order valence-electron chi connectivity index (χ2n) is 5.92. The molecule has 0 aliphatic carbocycles. The average Bonchev–Trinajstić information content (AvgIpc) is 2.60. The number of rotatable bonds is 8. The van der Waals surface area contributed by atoms with Crippen molar-refractivity contribution in [3.8, 4) is 0 Å². The van der Waals surface area contributed by atoms with Crippen molar-refractivity contribution >= 4 is 28.6 Å². The average molecular weight is 437 g/mol. The van der Waals surface area contributed by atoms with Crippen molar-refractivity contribution in [3.63, 3.8) is 0 Å². The van der Waals surface area contributed by atoms with Crippen molar-refractivity contribution in [2.75, 3.05) is 4.43 Å². The van der Waals surface area contributed by atoms with E-state index in [0.717, 1.165) is 17.5 Å². The first-order chi connectivity index (χ1) is 11.6. The molecule has 4 heteroatoms. The molecule has 2 aromatic carbocycles. The summed E-state index contributed by atoms with van der Waals surface area (Å²) in [5, 5.41) is 0. The van der Waals surface area contributed by atoms with Gasteiger partial charge in [0, 0.05) is 30.5 Å². The lowest BCUT2D eigenvalue weighted by atomic mass is 10.1. The largest absolute Gasteiger partial charge is 0.460 e. The highest BCUT2D eigenvalue weighted by Gasteiger charge is 2.25. The van der Waals surface area contributed by atoms with E-state index < -0.39 is 0 Å². The molecule has 2 aromatic rings. The molecule has 24 heavy (non-hydrogen) atoms. The lowest BCUT2D eigenvalue weighted by Crippen LogP contribution is -2.43. The fourth-order valence-electron chi connectivity index (χ4n) is 2.69. The number of halogens is 1. The summed E-state index contributed by atoms with van der Waals surface area (Å²) in [5.41, 5.74) is 2.52. The van der Waals surface area contributed by atoms with Gasteiger partial charge in [0.05, 0.1) is 0 Å². The minimum atomic E-state index is -0.220. The predicted molar refractivity (Wildman–Crippen MR) is 106 cm³/mol. The molecule has 0 aromatic heterocycles. The van der Waals surface area contributed by atoms with Crippen molar-refractivity contribution in [3.05, 3.63) is 71.8 Å². The summed E-state index contributed by atoms with van der Waals surface area (Å²) in [5.74, 6) is -0.220. The van der Waals surface area contributed by atoms with Crippen LogP contribution in [-0.4, -0.2) is 27.4 Å². The van der Waals surface area contributed by atoms with Crippen LogP contribution in [0.5, 0.6) is 0 Å². The summed E-state index contributed by atoms with van der Waals surface area (Å²) < 4.78 is 6.31. The van der Waals surface area contributed by atoms with Crippen LogP contribution in [0.15, 0.2) is 60.7 Å². The van der Waals surface area contributed by atoms with Crippen molar-refractivity contribution in [1.29, 1.82) is 0 Å². The fraction of sp³-hybridized carbons (Fsp3) is 0.350. The van der Waals surface area contributed by atoms with Gasteiger partial charge >= 0.3 is 5.97 Å². The number of hydrogen-bond acceptors (Lipinski definition) is 3. The first-order valence-corrected chi connectivity index (χ1v) is 9.67. The third-order valence-electron chi connectivity index (χ3n) is 4.04. The van der Waals surface area contributed by atoms with Crippen LogP contribution >= 0.6 is 22.6 Å². The number of carbonyl (C=O) groups is 1. The van der Waals surface area contributed by atoms with E-state index >= 15 is 0 Å². The Hall–Kier alpha value is -1.40. The highest BCUT2D eigenvalue weighted by Crippen LogP contribution is 2.18. The standard InChI is InChI=1S/C20H24INO2/c1-16(20(13-21)24-17(2)23)22(14-18-9-5-3-6-10-18)15-19-11-7-4-8-12-19/h3-12,16,20H,13-15H2,1-2H3/t16-,20+/m0/s1. The molecule has 0 bridgehead atoms. The van der Waals surface area contributed by atoms with Crippen LogP contribution in [0.1, 0.15) is 25.0 Å². The van der Waals surface area contributed by atoms with Gasteiger partial charge < -0.3 is 4.74 Å². The topological polar surface area (TPSA) is 29.5 Å². The molecule has 0 spiro atoms. The van der Waals surface area contributed by atoms with E-state index in [2.05, 4.69) is 82.9 Å². The number of alkyl halides is 1. The van der Waals surface area contributed by atoms with Gasteiger partial charge in [0.15, 0.2) is 0 Å².